The lowest BCUT2D eigenvalue weighted by Gasteiger charge is -2.44. The molecule has 32 heavy (non-hydrogen) atoms. The number of nitrogens with two attached hydrogens (primary N) is 1. The van der Waals surface area contributed by atoms with Crippen molar-refractivity contribution in [3.63, 3.8) is 0 Å². The number of hydrogen-bond acceptors (Lipinski definition) is 7. The first kappa shape index (κ1) is 22.4. The topological polar surface area (TPSA) is 111 Å². The zero-order chi connectivity index (χ0) is 23.5. The van der Waals surface area contributed by atoms with Crippen LogP contribution in [0, 0.1) is 18.6 Å². The monoisotopic (exact) mass is 461 g/mol. The molecule has 10 heteroatoms. The number of aryl methyl sites for hydroxylation is 1. The van der Waals surface area contributed by atoms with Crippen LogP contribution in [0.5, 0.6) is 0 Å². The van der Waals surface area contributed by atoms with Crippen molar-refractivity contribution >= 4 is 21.3 Å². The van der Waals surface area contributed by atoms with Crippen molar-refractivity contribution in [1.82, 2.24) is 9.97 Å². The normalized spacial score (nSPS) is 28.6. The van der Waals surface area contributed by atoms with Crippen LogP contribution in [0.4, 0.5) is 8.78 Å². The Morgan fingerprint density at radius 2 is 2.00 bits per heavy atom. The Balaban J connectivity index is 1.76. The highest BCUT2D eigenvalue weighted by Crippen LogP contribution is 2.47. The number of aromatic nitrogens is 2. The maximum atomic E-state index is 15.0. The highest BCUT2D eigenvalue weighted by Gasteiger charge is 2.57. The fraction of sp³-hybridized carbons (Fsp3) is 0.455. The zero-order valence-corrected chi connectivity index (χ0v) is 19.2. The van der Waals surface area contributed by atoms with E-state index in [1.165, 1.54) is 18.2 Å². The minimum absolute atomic E-state index is 0.0140. The summed E-state index contributed by atoms with van der Waals surface area (Å²) in [5.41, 5.74) is 5.75. The first-order valence-electron chi connectivity index (χ1n) is 10.3. The maximum Gasteiger partial charge on any atom is 0.187 e. The highest BCUT2D eigenvalue weighted by molar-refractivity contribution is 7.96. The van der Waals surface area contributed by atoms with Crippen molar-refractivity contribution in [1.29, 1.82) is 0 Å². The lowest BCUT2D eigenvalue weighted by molar-refractivity contribution is 0.0986. The van der Waals surface area contributed by atoms with Gasteiger partial charge >= 0.3 is 0 Å². The van der Waals surface area contributed by atoms with Gasteiger partial charge in [-0.15, -0.1) is 0 Å². The first-order chi connectivity index (χ1) is 14.9. The van der Waals surface area contributed by atoms with Crippen LogP contribution < -0.4 is 5.73 Å². The summed E-state index contributed by atoms with van der Waals surface area (Å²) >= 11 is 0. The van der Waals surface area contributed by atoms with Gasteiger partial charge in [0.15, 0.2) is 5.78 Å². The van der Waals surface area contributed by atoms with Gasteiger partial charge in [0, 0.05) is 12.2 Å². The van der Waals surface area contributed by atoms with Crippen LogP contribution in [0.25, 0.3) is 0 Å². The fourth-order valence-corrected chi connectivity index (χ4v) is 7.64. The summed E-state index contributed by atoms with van der Waals surface area (Å²) in [4.78, 5) is 25.7. The number of ketones is 1. The van der Waals surface area contributed by atoms with Crippen molar-refractivity contribution in [3.8, 4) is 0 Å². The predicted octanol–water partition coefficient (Wildman–Crippen LogP) is 3.09. The Hall–Kier alpha value is -2.75. The van der Waals surface area contributed by atoms with E-state index >= 15 is 4.39 Å². The largest absolute Gasteiger partial charge is 0.386 e. The molecule has 4 heterocycles. The van der Waals surface area contributed by atoms with Crippen molar-refractivity contribution in [2.24, 2.45) is 15.1 Å². The van der Waals surface area contributed by atoms with Gasteiger partial charge < -0.3 is 5.73 Å². The smallest absolute Gasteiger partial charge is 0.187 e. The van der Waals surface area contributed by atoms with E-state index in [0.717, 1.165) is 6.20 Å². The number of fused-ring (bicyclic) bond motifs is 1. The van der Waals surface area contributed by atoms with Gasteiger partial charge in [-0.1, -0.05) is 0 Å². The second-order valence-corrected chi connectivity index (χ2v) is 11.9. The van der Waals surface area contributed by atoms with Crippen LogP contribution in [0.1, 0.15) is 54.6 Å². The molecule has 0 radical (unpaired) electrons. The summed E-state index contributed by atoms with van der Waals surface area (Å²) in [6, 6.07) is 3.86. The number of carbonyl (C=O) groups is 1. The van der Waals surface area contributed by atoms with Crippen molar-refractivity contribution in [2.75, 3.05) is 6.54 Å². The molecule has 2 aliphatic rings. The van der Waals surface area contributed by atoms with Gasteiger partial charge in [-0.2, -0.15) is 0 Å². The molecule has 2 aliphatic heterocycles. The minimum Gasteiger partial charge on any atom is -0.386 e. The van der Waals surface area contributed by atoms with E-state index in [-0.39, 0.29) is 29.4 Å². The predicted molar refractivity (Wildman–Crippen MR) is 118 cm³/mol. The molecule has 0 saturated heterocycles. The molecule has 0 saturated carbocycles. The van der Waals surface area contributed by atoms with Crippen LogP contribution in [-0.2, 0) is 21.7 Å². The molecular formula is C22H25F2N5O2S. The van der Waals surface area contributed by atoms with E-state index in [1.54, 1.807) is 27.7 Å². The number of halogens is 2. The summed E-state index contributed by atoms with van der Waals surface area (Å²) in [5.74, 6) is -1.38. The molecule has 0 bridgehead atoms. The molecule has 3 atom stereocenters. The van der Waals surface area contributed by atoms with Crippen molar-refractivity contribution in [3.05, 3.63) is 58.7 Å². The Bertz CT molecular complexity index is 1280. The number of carbonyl (C=O) groups excluding carboxylic acids is 1. The van der Waals surface area contributed by atoms with Gasteiger partial charge in [0.25, 0.3) is 0 Å². The molecule has 0 amide bonds. The van der Waals surface area contributed by atoms with Crippen LogP contribution in [0.3, 0.4) is 0 Å². The van der Waals surface area contributed by atoms with E-state index < -0.39 is 36.9 Å². The Kier molecular flexibility index (Phi) is 5.19. The van der Waals surface area contributed by atoms with Gasteiger partial charge in [-0.25, -0.2) is 22.3 Å². The summed E-state index contributed by atoms with van der Waals surface area (Å²) in [5, 5.41) is -0.564. The molecule has 0 aromatic carbocycles. The maximum absolute atomic E-state index is 15.0. The highest BCUT2D eigenvalue weighted by atomic mass is 32.2. The number of hydrogen-bond donors (Lipinski definition) is 1. The third-order valence-corrected chi connectivity index (χ3v) is 10.1. The molecule has 2 N–H and O–H groups in total. The van der Waals surface area contributed by atoms with E-state index in [0.29, 0.717) is 24.2 Å². The third kappa shape index (κ3) is 3.23. The van der Waals surface area contributed by atoms with Crippen molar-refractivity contribution < 1.29 is 17.8 Å². The van der Waals surface area contributed by atoms with E-state index in [1.807, 2.05) is 0 Å². The molecule has 2 aromatic heterocycles. The second-order valence-electron chi connectivity index (χ2n) is 8.91. The summed E-state index contributed by atoms with van der Waals surface area (Å²) in [7, 11) is -2.83. The lowest BCUT2D eigenvalue weighted by Crippen LogP contribution is -2.58. The van der Waals surface area contributed by atoms with Crippen LogP contribution >= 0.6 is 0 Å². The second kappa shape index (κ2) is 7.40. The number of amidine groups is 1. The van der Waals surface area contributed by atoms with E-state index in [4.69, 9.17) is 5.73 Å². The van der Waals surface area contributed by atoms with E-state index in [2.05, 4.69) is 19.3 Å². The molecular weight excluding hydrogens is 436 g/mol. The molecule has 0 unspecified atom stereocenters. The number of nitrogens with zero attached hydrogens (tertiary/aromatic N) is 4. The average molecular weight is 462 g/mol. The Morgan fingerprint density at radius 1 is 1.28 bits per heavy atom. The lowest BCUT2D eigenvalue weighted by atomic mass is 9.89. The molecule has 7 nitrogen and oxygen atoms in total. The molecule has 2 aromatic rings. The molecule has 170 valence electrons. The summed E-state index contributed by atoms with van der Waals surface area (Å²) < 4.78 is 45.7. The minimum atomic E-state index is -2.83. The SMILES string of the molecule is Cc1cc(F)cnc1C(=O)Cc1ccc(F)c([C@@]2(C)N=C(N)C(C)(C)[S@]3(=O)=NCC[C@@H]23)n1. The van der Waals surface area contributed by atoms with Crippen LogP contribution in [0.15, 0.2) is 33.8 Å². The third-order valence-electron chi connectivity index (χ3n) is 6.42. The molecule has 0 fully saturated rings. The Morgan fingerprint density at radius 3 is 2.69 bits per heavy atom. The van der Waals surface area contributed by atoms with Gasteiger partial charge in [-0.05, 0) is 57.9 Å². The Labute approximate surface area is 185 Å². The van der Waals surface area contributed by atoms with Crippen LogP contribution in [0.2, 0.25) is 0 Å². The summed E-state index contributed by atoms with van der Waals surface area (Å²) in [6.07, 6.45) is 1.29. The number of Topliss-reactive ketones (excluding diaryl/α,β-unsaturated/α-hetero) is 1. The first-order valence-corrected chi connectivity index (χ1v) is 11.9. The zero-order valence-electron chi connectivity index (χ0n) is 18.4. The van der Waals surface area contributed by atoms with E-state index in [9.17, 15) is 13.4 Å². The standard InChI is InChI=1S/C22H25F2N5O2S/c1-12-9-13(23)11-26-18(12)16(30)10-14-5-6-15(24)19(28-14)22(4)17-7-8-27-32(17,31)21(2,3)20(25)29-22/h5-6,9,11,17H,7-8,10H2,1-4H3,(H2,25,29)/t17-,22-,32-/m0/s1. The number of pyridine rings is 2. The number of rotatable bonds is 4. The fourth-order valence-electron chi connectivity index (χ4n) is 4.49. The van der Waals surface area contributed by atoms with Gasteiger partial charge in [0.05, 0.1) is 27.6 Å². The quantitative estimate of drug-likeness (QED) is 0.704. The van der Waals surface area contributed by atoms with Crippen LogP contribution in [-0.4, -0.2) is 42.3 Å². The average Bonchev–Trinajstić information content (AvgIpc) is 3.13. The van der Waals surface area contributed by atoms with Crippen molar-refractivity contribution in [2.45, 2.75) is 56.1 Å². The summed E-state index contributed by atoms with van der Waals surface area (Å²) in [6.45, 7) is 7.12. The van der Waals surface area contributed by atoms with Gasteiger partial charge in [0.1, 0.15) is 39.1 Å². The van der Waals surface area contributed by atoms with Gasteiger partial charge in [-0.3, -0.25) is 14.8 Å². The van der Waals surface area contributed by atoms with Gasteiger partial charge in [0.2, 0.25) is 0 Å². The number of aliphatic imine (C=N–C) groups is 1. The molecule has 4 rings (SSSR count). The molecule has 0 aliphatic carbocycles. The molecule has 0 spiro atoms.